The van der Waals surface area contributed by atoms with Gasteiger partial charge in [0.2, 0.25) is 0 Å². The highest BCUT2D eigenvalue weighted by molar-refractivity contribution is 5.77. The monoisotopic (exact) mass is 258 g/mol. The van der Waals surface area contributed by atoms with Crippen molar-refractivity contribution in [3.63, 3.8) is 0 Å². The highest BCUT2D eigenvalue weighted by atomic mass is 16.5. The smallest absolute Gasteiger partial charge is 0.303 e. The number of anilines is 1. The number of nitrogens with zero attached hydrogens (tertiary/aromatic N) is 3. The second kappa shape index (κ2) is 4.72. The van der Waals surface area contributed by atoms with E-state index in [-0.39, 0.29) is 12.6 Å². The molecule has 0 amide bonds. The van der Waals surface area contributed by atoms with Crippen molar-refractivity contribution in [1.82, 2.24) is 15.0 Å². The summed E-state index contributed by atoms with van der Waals surface area (Å²) in [7, 11) is 0. The number of nitrogens with one attached hydrogen (secondary N) is 1. The molecule has 0 radical (unpaired) electrons. The lowest BCUT2D eigenvalue weighted by Gasteiger charge is -2.08. The molecule has 1 aliphatic rings. The van der Waals surface area contributed by atoms with Crippen molar-refractivity contribution in [2.75, 3.05) is 11.9 Å². The number of rotatable bonds is 2. The van der Waals surface area contributed by atoms with Crippen molar-refractivity contribution >= 4 is 11.7 Å². The van der Waals surface area contributed by atoms with Crippen LogP contribution in [0.15, 0.2) is 24.3 Å². The molecular weight excluding hydrogens is 244 g/mol. The van der Waals surface area contributed by atoms with Gasteiger partial charge in [-0.3, -0.25) is 4.79 Å². The van der Waals surface area contributed by atoms with Crippen molar-refractivity contribution in [3.05, 3.63) is 30.0 Å². The van der Waals surface area contributed by atoms with E-state index >= 15 is 0 Å². The van der Waals surface area contributed by atoms with Crippen LogP contribution in [-0.4, -0.2) is 27.5 Å². The van der Waals surface area contributed by atoms with Crippen molar-refractivity contribution in [1.29, 1.82) is 0 Å². The molecule has 0 spiro atoms. The second-order valence-corrected chi connectivity index (χ2v) is 4.36. The normalized spacial score (nSPS) is 12.9. The van der Waals surface area contributed by atoms with E-state index in [4.69, 9.17) is 4.74 Å². The summed E-state index contributed by atoms with van der Waals surface area (Å²) in [6.07, 6.45) is 0. The van der Waals surface area contributed by atoms with Gasteiger partial charge in [0, 0.05) is 24.7 Å². The molecule has 1 aromatic heterocycles. The maximum absolute atomic E-state index is 10.9. The van der Waals surface area contributed by atoms with Gasteiger partial charge >= 0.3 is 5.97 Å². The Morgan fingerprint density at radius 1 is 1.47 bits per heavy atom. The lowest BCUT2D eigenvalue weighted by Crippen LogP contribution is -2.08. The van der Waals surface area contributed by atoms with E-state index in [0.717, 1.165) is 30.0 Å². The Labute approximate surface area is 110 Å². The highest BCUT2D eigenvalue weighted by Gasteiger charge is 2.20. The molecule has 0 bridgehead atoms. The summed E-state index contributed by atoms with van der Waals surface area (Å²) in [5.41, 5.74) is 3.69. The number of carbonyl (C=O) groups is 1. The van der Waals surface area contributed by atoms with Crippen molar-refractivity contribution < 1.29 is 9.53 Å². The zero-order valence-corrected chi connectivity index (χ0v) is 10.6. The first-order valence-corrected chi connectivity index (χ1v) is 6.14. The minimum absolute atomic E-state index is 0.152. The number of aromatic nitrogens is 3. The summed E-state index contributed by atoms with van der Waals surface area (Å²) in [5, 5.41) is 11.6. The van der Waals surface area contributed by atoms with Crippen molar-refractivity contribution in [3.8, 4) is 11.3 Å². The number of esters is 1. The first kappa shape index (κ1) is 11.7. The number of benzene rings is 1. The highest BCUT2D eigenvalue weighted by Crippen LogP contribution is 2.31. The number of ether oxygens (including phenoxy) is 1. The first-order valence-electron chi connectivity index (χ1n) is 6.14. The third kappa shape index (κ3) is 2.16. The van der Waals surface area contributed by atoms with Crippen LogP contribution in [0.25, 0.3) is 11.3 Å². The largest absolute Gasteiger partial charge is 0.459 e. The standard InChI is InChI=1S/C13H14N4O2/c1-9(18)19-8-12-13-10-4-2-3-5-11(10)14-6-7-17(13)16-15-12/h2-5,14H,6-8H2,1H3. The molecule has 3 rings (SSSR count). The molecule has 0 fully saturated rings. The zero-order chi connectivity index (χ0) is 13.2. The Morgan fingerprint density at radius 2 is 2.32 bits per heavy atom. The third-order valence-electron chi connectivity index (χ3n) is 3.04. The number of hydrogen-bond donors (Lipinski definition) is 1. The SMILES string of the molecule is CC(=O)OCc1nnn2c1-c1ccccc1NCC2. The molecule has 98 valence electrons. The van der Waals surface area contributed by atoms with E-state index in [1.807, 2.05) is 28.9 Å². The van der Waals surface area contributed by atoms with Gasteiger partial charge < -0.3 is 10.1 Å². The van der Waals surface area contributed by atoms with Gasteiger partial charge in [-0.15, -0.1) is 5.10 Å². The molecule has 6 nitrogen and oxygen atoms in total. The molecule has 1 aliphatic heterocycles. The lowest BCUT2D eigenvalue weighted by atomic mass is 10.1. The number of carbonyl (C=O) groups excluding carboxylic acids is 1. The number of para-hydroxylation sites is 1. The fraction of sp³-hybridized carbons (Fsp3) is 0.308. The summed E-state index contributed by atoms with van der Waals surface area (Å²) in [6.45, 7) is 3.06. The van der Waals surface area contributed by atoms with Gasteiger partial charge in [0.15, 0.2) is 0 Å². The van der Waals surface area contributed by atoms with Crippen LogP contribution in [0, 0.1) is 0 Å². The molecule has 0 saturated heterocycles. The fourth-order valence-electron chi connectivity index (χ4n) is 2.21. The van der Waals surface area contributed by atoms with Crippen LogP contribution in [0.4, 0.5) is 5.69 Å². The van der Waals surface area contributed by atoms with Crippen LogP contribution in [-0.2, 0) is 22.7 Å². The molecule has 2 aromatic rings. The van der Waals surface area contributed by atoms with Gasteiger partial charge in [0.05, 0.1) is 12.2 Å². The molecule has 0 aliphatic carbocycles. The van der Waals surface area contributed by atoms with Crippen LogP contribution < -0.4 is 5.32 Å². The Kier molecular flexibility index (Phi) is 2.91. The van der Waals surface area contributed by atoms with Crippen molar-refractivity contribution in [2.45, 2.75) is 20.1 Å². The van der Waals surface area contributed by atoms with Gasteiger partial charge in [0.1, 0.15) is 12.3 Å². The van der Waals surface area contributed by atoms with Gasteiger partial charge in [0.25, 0.3) is 0 Å². The summed E-state index contributed by atoms with van der Waals surface area (Å²) in [4.78, 5) is 10.9. The molecule has 19 heavy (non-hydrogen) atoms. The molecule has 0 atom stereocenters. The van der Waals surface area contributed by atoms with Gasteiger partial charge in [-0.2, -0.15) is 0 Å². The Morgan fingerprint density at radius 3 is 3.16 bits per heavy atom. The van der Waals surface area contributed by atoms with Crippen LogP contribution in [0.1, 0.15) is 12.6 Å². The van der Waals surface area contributed by atoms with E-state index in [1.165, 1.54) is 6.92 Å². The zero-order valence-electron chi connectivity index (χ0n) is 10.6. The summed E-state index contributed by atoms with van der Waals surface area (Å²) in [5.74, 6) is -0.318. The fourth-order valence-corrected chi connectivity index (χ4v) is 2.21. The predicted molar refractivity (Wildman–Crippen MR) is 69.4 cm³/mol. The van der Waals surface area contributed by atoms with Crippen LogP contribution in [0.2, 0.25) is 0 Å². The molecular formula is C13H14N4O2. The van der Waals surface area contributed by atoms with E-state index in [1.54, 1.807) is 0 Å². The predicted octanol–water partition coefficient (Wildman–Crippen LogP) is 1.43. The molecule has 0 unspecified atom stereocenters. The molecule has 1 aromatic carbocycles. The minimum atomic E-state index is -0.318. The number of fused-ring (bicyclic) bond motifs is 3. The Balaban J connectivity index is 2.05. The number of hydrogen-bond acceptors (Lipinski definition) is 5. The first-order chi connectivity index (χ1) is 9.25. The maximum Gasteiger partial charge on any atom is 0.303 e. The Hall–Kier alpha value is -2.37. The maximum atomic E-state index is 10.9. The van der Waals surface area contributed by atoms with Gasteiger partial charge in [-0.05, 0) is 6.07 Å². The molecule has 6 heteroatoms. The second-order valence-electron chi connectivity index (χ2n) is 4.36. The molecule has 2 heterocycles. The summed E-state index contributed by atoms with van der Waals surface area (Å²) >= 11 is 0. The average molecular weight is 258 g/mol. The van der Waals surface area contributed by atoms with Gasteiger partial charge in [-0.25, -0.2) is 4.68 Å². The summed E-state index contributed by atoms with van der Waals surface area (Å²) < 4.78 is 6.88. The third-order valence-corrected chi connectivity index (χ3v) is 3.04. The van der Waals surface area contributed by atoms with Crippen LogP contribution in [0.3, 0.4) is 0 Å². The van der Waals surface area contributed by atoms with Gasteiger partial charge in [-0.1, -0.05) is 23.4 Å². The minimum Gasteiger partial charge on any atom is -0.459 e. The lowest BCUT2D eigenvalue weighted by molar-refractivity contribution is -0.142. The molecule has 1 N–H and O–H groups in total. The Bertz CT molecular complexity index is 621. The van der Waals surface area contributed by atoms with Crippen LogP contribution in [0.5, 0.6) is 0 Å². The average Bonchev–Trinajstić information content (AvgIpc) is 2.71. The van der Waals surface area contributed by atoms with E-state index < -0.39 is 0 Å². The van der Waals surface area contributed by atoms with E-state index in [2.05, 4.69) is 15.6 Å². The molecule has 0 saturated carbocycles. The van der Waals surface area contributed by atoms with E-state index in [9.17, 15) is 4.79 Å². The van der Waals surface area contributed by atoms with Crippen molar-refractivity contribution in [2.24, 2.45) is 0 Å². The topological polar surface area (TPSA) is 69.0 Å². The van der Waals surface area contributed by atoms with E-state index in [0.29, 0.717) is 5.69 Å². The van der Waals surface area contributed by atoms with Crippen LogP contribution >= 0.6 is 0 Å². The quantitative estimate of drug-likeness (QED) is 0.825. The summed E-state index contributed by atoms with van der Waals surface area (Å²) in [6, 6.07) is 7.99.